The van der Waals surface area contributed by atoms with Gasteiger partial charge in [-0.2, -0.15) is 13.2 Å². The lowest BCUT2D eigenvalue weighted by Gasteiger charge is -2.34. The molecule has 1 amide bonds. The second-order valence-electron chi connectivity index (χ2n) is 7.46. The summed E-state index contributed by atoms with van der Waals surface area (Å²) in [7, 11) is 3.68. The van der Waals surface area contributed by atoms with Crippen LogP contribution in [-0.4, -0.2) is 50.2 Å². The maximum absolute atomic E-state index is 12.7. The molecule has 0 aliphatic heterocycles. The fourth-order valence-electron chi connectivity index (χ4n) is 3.60. The number of hydrogen-bond acceptors (Lipinski definition) is 3. The van der Waals surface area contributed by atoms with E-state index < -0.39 is 11.7 Å². The summed E-state index contributed by atoms with van der Waals surface area (Å²) in [5.74, 6) is -0.234. The summed E-state index contributed by atoms with van der Waals surface area (Å²) in [5.41, 5.74) is -0.453. The van der Waals surface area contributed by atoms with Crippen molar-refractivity contribution in [1.29, 1.82) is 0 Å². The summed E-state index contributed by atoms with van der Waals surface area (Å²) in [6.07, 6.45) is 2.75. The van der Waals surface area contributed by atoms with Gasteiger partial charge in [0.25, 0.3) is 5.91 Å². The highest BCUT2D eigenvalue weighted by atomic mass is 19.4. The molecule has 7 heteroatoms. The molecule has 1 aromatic carbocycles. The molecule has 158 valence electrons. The van der Waals surface area contributed by atoms with Gasteiger partial charge in [-0.3, -0.25) is 4.79 Å². The number of benzene rings is 1. The molecule has 0 radical (unpaired) electrons. The number of hydrogen-bond donors (Lipinski definition) is 1. The van der Waals surface area contributed by atoms with E-state index in [0.29, 0.717) is 0 Å². The van der Waals surface area contributed by atoms with E-state index in [2.05, 4.69) is 5.32 Å². The molecule has 0 saturated heterocycles. The number of unbranched alkanes of at least 4 members (excludes halogenated alkanes) is 2. The van der Waals surface area contributed by atoms with E-state index in [1.165, 1.54) is 12.1 Å². The lowest BCUT2D eigenvalue weighted by atomic mass is 9.91. The Hall–Kier alpha value is -1.60. The van der Waals surface area contributed by atoms with Crippen LogP contribution < -0.4 is 5.32 Å². The molecule has 28 heavy (non-hydrogen) atoms. The number of nitrogens with one attached hydrogen (secondary N) is 1. The summed E-state index contributed by atoms with van der Waals surface area (Å²) in [4.78, 5) is 14.3. The quantitative estimate of drug-likeness (QED) is 0.621. The van der Waals surface area contributed by atoms with Crippen molar-refractivity contribution >= 4 is 5.91 Å². The van der Waals surface area contributed by atoms with Crippen LogP contribution in [0.1, 0.15) is 60.9 Å². The zero-order chi connectivity index (χ0) is 20.6. The molecule has 1 aliphatic carbocycles. The number of rotatable bonds is 9. The number of nitrogens with zero attached hydrogens (tertiary/aromatic N) is 1. The van der Waals surface area contributed by atoms with Crippen LogP contribution in [0.3, 0.4) is 0 Å². The van der Waals surface area contributed by atoms with Crippen LogP contribution in [0, 0.1) is 0 Å². The third-order valence-electron chi connectivity index (χ3n) is 5.40. The van der Waals surface area contributed by atoms with Crippen molar-refractivity contribution in [2.75, 3.05) is 27.2 Å². The van der Waals surface area contributed by atoms with Crippen LogP contribution in [0.4, 0.5) is 13.2 Å². The monoisotopic (exact) mass is 400 g/mol. The normalized spacial score (nSPS) is 20.2. The number of amides is 1. The minimum absolute atomic E-state index is 0.102. The van der Waals surface area contributed by atoms with Crippen LogP contribution in [-0.2, 0) is 10.9 Å². The van der Waals surface area contributed by atoms with Crippen molar-refractivity contribution in [3.8, 4) is 0 Å². The molecule has 0 atom stereocenters. The molecule has 1 N–H and O–H groups in total. The first-order valence-corrected chi connectivity index (χ1v) is 10.0. The van der Waals surface area contributed by atoms with Crippen LogP contribution in [0.25, 0.3) is 0 Å². The van der Waals surface area contributed by atoms with Gasteiger partial charge in [0.05, 0.1) is 11.7 Å². The van der Waals surface area contributed by atoms with E-state index in [1.54, 1.807) is 11.9 Å². The van der Waals surface area contributed by atoms with Crippen molar-refractivity contribution in [2.45, 2.75) is 63.3 Å². The van der Waals surface area contributed by atoms with Crippen LogP contribution >= 0.6 is 0 Å². The Labute approximate surface area is 165 Å². The van der Waals surface area contributed by atoms with Gasteiger partial charge in [-0.05, 0) is 82.8 Å². The zero-order valence-corrected chi connectivity index (χ0v) is 16.7. The largest absolute Gasteiger partial charge is 0.416 e. The van der Waals surface area contributed by atoms with Crippen molar-refractivity contribution in [3.63, 3.8) is 0 Å². The first-order valence-electron chi connectivity index (χ1n) is 10.0. The summed E-state index contributed by atoms with van der Waals surface area (Å²) in [5, 5.41) is 3.13. The predicted molar refractivity (Wildman–Crippen MR) is 103 cm³/mol. The topological polar surface area (TPSA) is 41.6 Å². The minimum Gasteiger partial charge on any atom is -0.378 e. The van der Waals surface area contributed by atoms with Gasteiger partial charge in [-0.15, -0.1) is 0 Å². The second kappa shape index (κ2) is 10.8. The zero-order valence-electron chi connectivity index (χ0n) is 16.7. The smallest absolute Gasteiger partial charge is 0.378 e. The molecule has 0 spiro atoms. The molecule has 0 heterocycles. The van der Waals surface area contributed by atoms with Crippen LogP contribution in [0.5, 0.6) is 0 Å². The summed E-state index contributed by atoms with van der Waals surface area (Å²) < 4.78 is 43.9. The maximum Gasteiger partial charge on any atom is 0.416 e. The fourth-order valence-corrected chi connectivity index (χ4v) is 3.60. The third-order valence-corrected chi connectivity index (χ3v) is 5.40. The lowest BCUT2D eigenvalue weighted by molar-refractivity contribution is -0.137. The average Bonchev–Trinajstić information content (AvgIpc) is 2.69. The van der Waals surface area contributed by atoms with Crippen molar-refractivity contribution in [2.24, 2.45) is 0 Å². The van der Waals surface area contributed by atoms with Crippen LogP contribution in [0.15, 0.2) is 24.3 Å². The van der Waals surface area contributed by atoms with E-state index in [4.69, 9.17) is 4.74 Å². The highest BCUT2D eigenvalue weighted by Crippen LogP contribution is 2.30. The maximum atomic E-state index is 12.7. The minimum atomic E-state index is -4.39. The SMILES string of the molecule is CNCCCCCOC1CCC(N(C)C(=O)c2ccc(C(F)(F)F)cc2)CC1. The molecule has 1 saturated carbocycles. The van der Waals surface area contributed by atoms with Gasteiger partial charge in [0.15, 0.2) is 0 Å². The fraction of sp³-hybridized carbons (Fsp3) is 0.667. The molecule has 1 fully saturated rings. The molecular weight excluding hydrogens is 369 g/mol. The first-order chi connectivity index (χ1) is 13.3. The van der Waals surface area contributed by atoms with Gasteiger partial charge in [0, 0.05) is 25.3 Å². The van der Waals surface area contributed by atoms with E-state index in [9.17, 15) is 18.0 Å². The van der Waals surface area contributed by atoms with Crippen molar-refractivity contribution in [1.82, 2.24) is 10.2 Å². The Balaban J connectivity index is 1.75. The average molecular weight is 400 g/mol. The Morgan fingerprint density at radius 3 is 2.32 bits per heavy atom. The molecule has 0 bridgehead atoms. The van der Waals surface area contributed by atoms with Gasteiger partial charge in [0.1, 0.15) is 0 Å². The van der Waals surface area contributed by atoms with Gasteiger partial charge < -0.3 is 15.0 Å². The third kappa shape index (κ3) is 6.78. The molecule has 0 aromatic heterocycles. The van der Waals surface area contributed by atoms with Crippen molar-refractivity contribution < 1.29 is 22.7 Å². The predicted octanol–water partition coefficient (Wildman–Crippen LogP) is 4.49. The number of halogens is 3. The summed E-state index contributed by atoms with van der Waals surface area (Å²) in [6, 6.07) is 4.53. The standard InChI is InChI=1S/C21H31F3N2O2/c1-25-14-4-3-5-15-28-19-12-10-18(11-13-19)26(2)20(27)16-6-8-17(9-7-16)21(22,23)24/h6-9,18-19,25H,3-5,10-15H2,1-2H3. The summed E-state index contributed by atoms with van der Waals surface area (Å²) in [6.45, 7) is 1.81. The number of alkyl halides is 3. The van der Waals surface area contributed by atoms with Gasteiger partial charge >= 0.3 is 6.18 Å². The Bertz CT molecular complexity index is 597. The lowest BCUT2D eigenvalue weighted by Crippen LogP contribution is -2.40. The van der Waals surface area contributed by atoms with Crippen molar-refractivity contribution in [3.05, 3.63) is 35.4 Å². The molecular formula is C21H31F3N2O2. The molecule has 2 rings (SSSR count). The Kier molecular flexibility index (Phi) is 8.76. The molecule has 0 unspecified atom stereocenters. The Morgan fingerprint density at radius 1 is 1.11 bits per heavy atom. The number of ether oxygens (including phenoxy) is 1. The van der Waals surface area contributed by atoms with E-state index in [1.807, 2.05) is 7.05 Å². The highest BCUT2D eigenvalue weighted by Gasteiger charge is 2.31. The summed E-state index contributed by atoms with van der Waals surface area (Å²) >= 11 is 0. The highest BCUT2D eigenvalue weighted by molar-refractivity contribution is 5.94. The number of carbonyl (C=O) groups excluding carboxylic acids is 1. The van der Waals surface area contributed by atoms with E-state index >= 15 is 0 Å². The molecule has 4 nitrogen and oxygen atoms in total. The van der Waals surface area contributed by atoms with Gasteiger partial charge in [-0.1, -0.05) is 0 Å². The number of carbonyl (C=O) groups is 1. The Morgan fingerprint density at radius 2 is 1.75 bits per heavy atom. The van der Waals surface area contributed by atoms with E-state index in [-0.39, 0.29) is 23.6 Å². The molecule has 1 aromatic rings. The molecule has 1 aliphatic rings. The van der Waals surface area contributed by atoms with E-state index in [0.717, 1.165) is 70.2 Å². The second-order valence-corrected chi connectivity index (χ2v) is 7.46. The first kappa shape index (κ1) is 22.7. The van der Waals surface area contributed by atoms with Gasteiger partial charge in [0.2, 0.25) is 0 Å². The van der Waals surface area contributed by atoms with Crippen LogP contribution in [0.2, 0.25) is 0 Å². The van der Waals surface area contributed by atoms with Gasteiger partial charge in [-0.25, -0.2) is 0 Å².